The van der Waals surface area contributed by atoms with E-state index in [-0.39, 0.29) is 5.41 Å². The number of piperidine rings is 1. The van der Waals surface area contributed by atoms with E-state index in [2.05, 4.69) is 39.4 Å². The fourth-order valence-corrected chi connectivity index (χ4v) is 4.46. The number of aryl methyl sites for hydroxylation is 2. The summed E-state index contributed by atoms with van der Waals surface area (Å²) in [4.78, 5) is 14.8. The summed E-state index contributed by atoms with van der Waals surface area (Å²) in [5, 5.41) is 7.43. The van der Waals surface area contributed by atoms with Crippen LogP contribution in [0.3, 0.4) is 0 Å². The van der Waals surface area contributed by atoms with Crippen molar-refractivity contribution < 1.29 is 4.79 Å². The molecule has 1 saturated heterocycles. The first kappa shape index (κ1) is 15.4. The highest BCUT2D eigenvalue weighted by molar-refractivity contribution is 5.76. The standard InChI is InChI=1S/C20H25N3O/c24-18(9-4-8-16-6-2-1-3-7-16)23-13-5-11-20(15-23)12-10-17-14-21-22-19(17)20/h1-3,6-7,14H,4-5,8-13,15H2,(H,21,22). The van der Waals surface area contributed by atoms with Crippen molar-refractivity contribution in [3.8, 4) is 0 Å². The highest BCUT2D eigenvalue weighted by Crippen LogP contribution is 2.43. The van der Waals surface area contributed by atoms with E-state index in [0.29, 0.717) is 12.3 Å². The smallest absolute Gasteiger partial charge is 0.222 e. The number of fused-ring (bicyclic) bond motifs is 2. The molecule has 2 heterocycles. The lowest BCUT2D eigenvalue weighted by atomic mass is 9.77. The first-order valence-electron chi connectivity index (χ1n) is 9.11. The molecule has 1 aromatic carbocycles. The van der Waals surface area contributed by atoms with E-state index in [4.69, 9.17) is 0 Å². The fourth-order valence-electron chi connectivity index (χ4n) is 4.46. The van der Waals surface area contributed by atoms with Crippen LogP contribution in [0.1, 0.15) is 48.9 Å². The molecule has 2 aromatic rings. The largest absolute Gasteiger partial charge is 0.342 e. The summed E-state index contributed by atoms with van der Waals surface area (Å²) >= 11 is 0. The van der Waals surface area contributed by atoms with Gasteiger partial charge in [0.15, 0.2) is 0 Å². The van der Waals surface area contributed by atoms with Crippen LogP contribution in [0.15, 0.2) is 36.5 Å². The number of rotatable bonds is 4. The van der Waals surface area contributed by atoms with Crippen LogP contribution in [0, 0.1) is 0 Å². The molecule has 2 aliphatic rings. The number of carbonyl (C=O) groups is 1. The molecule has 1 aliphatic heterocycles. The van der Waals surface area contributed by atoms with Gasteiger partial charge in [0.05, 0.1) is 6.20 Å². The number of carbonyl (C=O) groups excluding carboxylic acids is 1. The zero-order valence-electron chi connectivity index (χ0n) is 14.1. The molecule has 0 bridgehead atoms. The van der Waals surface area contributed by atoms with Crippen LogP contribution in [-0.2, 0) is 23.1 Å². The third-order valence-corrected chi connectivity index (χ3v) is 5.75. The lowest BCUT2D eigenvalue weighted by molar-refractivity contribution is -0.133. The van der Waals surface area contributed by atoms with Gasteiger partial charge in [-0.05, 0) is 49.7 Å². The average molecular weight is 323 g/mol. The first-order chi connectivity index (χ1) is 11.8. The minimum absolute atomic E-state index is 0.138. The van der Waals surface area contributed by atoms with Gasteiger partial charge >= 0.3 is 0 Å². The number of aromatic nitrogens is 2. The van der Waals surface area contributed by atoms with Crippen LogP contribution >= 0.6 is 0 Å². The Morgan fingerprint density at radius 3 is 3.00 bits per heavy atom. The molecular formula is C20H25N3O. The Labute approximate surface area is 143 Å². The summed E-state index contributed by atoms with van der Waals surface area (Å²) in [7, 11) is 0. The maximum Gasteiger partial charge on any atom is 0.222 e. The minimum Gasteiger partial charge on any atom is -0.342 e. The molecule has 1 aromatic heterocycles. The Balaban J connectivity index is 1.35. The topological polar surface area (TPSA) is 49.0 Å². The normalized spacial score (nSPS) is 22.8. The predicted octanol–water partition coefficient (Wildman–Crippen LogP) is 3.24. The quantitative estimate of drug-likeness (QED) is 0.939. The summed E-state index contributed by atoms with van der Waals surface area (Å²) < 4.78 is 0. The number of aromatic amines is 1. The fraction of sp³-hybridized carbons (Fsp3) is 0.500. The molecule has 4 rings (SSSR count). The summed E-state index contributed by atoms with van der Waals surface area (Å²) in [6.45, 7) is 1.78. The van der Waals surface area contributed by atoms with Gasteiger partial charge in [0, 0.05) is 30.6 Å². The number of benzene rings is 1. The van der Waals surface area contributed by atoms with Gasteiger partial charge in [-0.1, -0.05) is 30.3 Å². The van der Waals surface area contributed by atoms with Crippen LogP contribution in [0.2, 0.25) is 0 Å². The van der Waals surface area contributed by atoms with Crippen LogP contribution in [-0.4, -0.2) is 34.1 Å². The second kappa shape index (κ2) is 6.42. The monoisotopic (exact) mass is 323 g/mol. The van der Waals surface area contributed by atoms with Crippen LogP contribution in [0.5, 0.6) is 0 Å². The van der Waals surface area contributed by atoms with Crippen LogP contribution < -0.4 is 0 Å². The molecule has 1 unspecified atom stereocenters. The predicted molar refractivity (Wildman–Crippen MR) is 93.8 cm³/mol. The number of nitrogens with one attached hydrogen (secondary N) is 1. The molecule has 1 spiro atoms. The van der Waals surface area contributed by atoms with Gasteiger partial charge in [-0.3, -0.25) is 9.89 Å². The molecule has 4 heteroatoms. The van der Waals surface area contributed by atoms with E-state index in [1.807, 2.05) is 12.3 Å². The molecule has 4 nitrogen and oxygen atoms in total. The number of likely N-dealkylation sites (tertiary alicyclic amines) is 1. The molecule has 1 N–H and O–H groups in total. The Kier molecular flexibility index (Phi) is 4.13. The highest BCUT2D eigenvalue weighted by atomic mass is 16.2. The van der Waals surface area contributed by atoms with Gasteiger partial charge in [0.2, 0.25) is 5.91 Å². The van der Waals surface area contributed by atoms with Crippen LogP contribution in [0.4, 0.5) is 0 Å². The van der Waals surface area contributed by atoms with E-state index in [1.54, 1.807) is 0 Å². The van der Waals surface area contributed by atoms with Crippen molar-refractivity contribution in [3.63, 3.8) is 0 Å². The van der Waals surface area contributed by atoms with Crippen molar-refractivity contribution in [3.05, 3.63) is 53.3 Å². The van der Waals surface area contributed by atoms with Gasteiger partial charge in [0.25, 0.3) is 0 Å². The number of nitrogens with zero attached hydrogens (tertiary/aromatic N) is 2. The molecule has 0 radical (unpaired) electrons. The van der Waals surface area contributed by atoms with Crippen molar-refractivity contribution in [2.75, 3.05) is 13.1 Å². The van der Waals surface area contributed by atoms with Gasteiger partial charge in [0.1, 0.15) is 0 Å². The second-order valence-corrected chi connectivity index (χ2v) is 7.31. The molecule has 1 atom stereocenters. The summed E-state index contributed by atoms with van der Waals surface area (Å²) in [5.41, 5.74) is 4.11. The van der Waals surface area contributed by atoms with Crippen molar-refractivity contribution in [2.45, 2.75) is 50.4 Å². The summed E-state index contributed by atoms with van der Waals surface area (Å²) in [6, 6.07) is 10.4. The van der Waals surface area contributed by atoms with E-state index in [9.17, 15) is 4.79 Å². The Morgan fingerprint density at radius 2 is 2.12 bits per heavy atom. The van der Waals surface area contributed by atoms with Gasteiger partial charge in [-0.2, -0.15) is 5.10 Å². The van der Waals surface area contributed by atoms with Crippen LogP contribution in [0.25, 0.3) is 0 Å². The molecule has 1 fully saturated rings. The minimum atomic E-state index is 0.138. The Bertz CT molecular complexity index is 709. The lowest BCUT2D eigenvalue weighted by Crippen LogP contribution is -2.47. The van der Waals surface area contributed by atoms with Crippen molar-refractivity contribution in [1.82, 2.24) is 15.1 Å². The SMILES string of the molecule is O=C(CCCc1ccccc1)N1CCCC2(CCc3cn[nH]c32)C1. The van der Waals surface area contributed by atoms with E-state index in [0.717, 1.165) is 45.2 Å². The third kappa shape index (κ3) is 2.85. The Hall–Kier alpha value is -2.10. The number of hydrogen-bond acceptors (Lipinski definition) is 2. The molecule has 1 amide bonds. The van der Waals surface area contributed by atoms with E-state index >= 15 is 0 Å². The molecule has 0 saturated carbocycles. The average Bonchev–Trinajstić information content (AvgIpc) is 3.21. The summed E-state index contributed by atoms with van der Waals surface area (Å²) in [5.74, 6) is 0.318. The second-order valence-electron chi connectivity index (χ2n) is 7.31. The molecule has 126 valence electrons. The summed E-state index contributed by atoms with van der Waals surface area (Å²) in [6.07, 6.45) is 9.06. The number of amides is 1. The maximum atomic E-state index is 12.7. The zero-order chi connectivity index (χ0) is 16.4. The number of hydrogen-bond donors (Lipinski definition) is 1. The molecular weight excluding hydrogens is 298 g/mol. The van der Waals surface area contributed by atoms with Gasteiger partial charge in [-0.15, -0.1) is 0 Å². The molecule has 24 heavy (non-hydrogen) atoms. The lowest BCUT2D eigenvalue weighted by Gasteiger charge is -2.40. The van der Waals surface area contributed by atoms with E-state index in [1.165, 1.54) is 23.2 Å². The third-order valence-electron chi connectivity index (χ3n) is 5.75. The highest BCUT2D eigenvalue weighted by Gasteiger charge is 2.44. The van der Waals surface area contributed by atoms with Gasteiger partial charge < -0.3 is 4.90 Å². The zero-order valence-corrected chi connectivity index (χ0v) is 14.1. The van der Waals surface area contributed by atoms with Gasteiger partial charge in [-0.25, -0.2) is 0 Å². The maximum absolute atomic E-state index is 12.7. The van der Waals surface area contributed by atoms with E-state index < -0.39 is 0 Å². The van der Waals surface area contributed by atoms with Crippen molar-refractivity contribution >= 4 is 5.91 Å². The Morgan fingerprint density at radius 1 is 1.25 bits per heavy atom. The number of H-pyrrole nitrogens is 1. The molecule has 1 aliphatic carbocycles. The first-order valence-corrected chi connectivity index (χ1v) is 9.11. The van der Waals surface area contributed by atoms with Crippen molar-refractivity contribution in [2.24, 2.45) is 0 Å². The van der Waals surface area contributed by atoms with Crippen molar-refractivity contribution in [1.29, 1.82) is 0 Å².